The first-order chi connectivity index (χ1) is 12.1. The minimum atomic E-state index is -3.87. The van der Waals surface area contributed by atoms with E-state index < -0.39 is 39.7 Å². The number of carbonyl (C=O) groups excluding carboxylic acids is 1. The van der Waals surface area contributed by atoms with Crippen LogP contribution in [0.2, 0.25) is 0 Å². The number of aromatic nitrogens is 1. The molecule has 26 heavy (non-hydrogen) atoms. The van der Waals surface area contributed by atoms with Crippen LogP contribution in [0.15, 0.2) is 29.3 Å². The SMILES string of the molecule is C[C@H]1NS(=O)(=O)c2cn(C)c(C(=O)Nc3ccc(F)c(F)c3)c2O[C@@H]1C. The van der Waals surface area contributed by atoms with Gasteiger partial charge in [0.2, 0.25) is 10.0 Å². The molecule has 0 bridgehead atoms. The molecule has 3 rings (SSSR count). The van der Waals surface area contributed by atoms with E-state index in [4.69, 9.17) is 4.74 Å². The molecule has 2 heterocycles. The number of hydrogen-bond acceptors (Lipinski definition) is 4. The molecule has 2 N–H and O–H groups in total. The Morgan fingerprint density at radius 3 is 2.62 bits per heavy atom. The summed E-state index contributed by atoms with van der Waals surface area (Å²) in [5, 5.41) is 2.42. The molecule has 0 radical (unpaired) electrons. The third-order valence-corrected chi connectivity index (χ3v) is 5.69. The molecule has 0 unspecified atom stereocenters. The van der Waals surface area contributed by atoms with Crippen molar-refractivity contribution in [2.45, 2.75) is 30.9 Å². The van der Waals surface area contributed by atoms with Crippen LogP contribution in [-0.2, 0) is 17.1 Å². The number of benzene rings is 1. The average molecular weight is 385 g/mol. The second kappa shape index (κ2) is 6.36. The lowest BCUT2D eigenvalue weighted by Gasteiger charge is -2.18. The fourth-order valence-electron chi connectivity index (χ4n) is 2.60. The fourth-order valence-corrected chi connectivity index (χ4v) is 4.09. The number of ether oxygens (including phenoxy) is 1. The molecule has 1 amide bonds. The summed E-state index contributed by atoms with van der Waals surface area (Å²) in [7, 11) is -2.38. The Labute approximate surface area is 149 Å². The molecule has 1 aliphatic rings. The summed E-state index contributed by atoms with van der Waals surface area (Å²) in [5.74, 6) is -2.95. The van der Waals surface area contributed by atoms with E-state index in [1.807, 2.05) is 0 Å². The molecular weight excluding hydrogens is 368 g/mol. The van der Waals surface area contributed by atoms with Crippen LogP contribution in [0.3, 0.4) is 0 Å². The summed E-state index contributed by atoms with van der Waals surface area (Å²) in [6, 6.07) is 2.41. The summed E-state index contributed by atoms with van der Waals surface area (Å²) in [5.41, 5.74) is -0.0177. The molecule has 0 saturated heterocycles. The van der Waals surface area contributed by atoms with Gasteiger partial charge in [-0.1, -0.05) is 0 Å². The van der Waals surface area contributed by atoms with Crippen molar-refractivity contribution in [1.82, 2.24) is 9.29 Å². The van der Waals surface area contributed by atoms with Gasteiger partial charge in [-0.25, -0.2) is 21.9 Å². The molecule has 1 aliphatic heterocycles. The van der Waals surface area contributed by atoms with Gasteiger partial charge in [-0.2, -0.15) is 0 Å². The van der Waals surface area contributed by atoms with E-state index in [2.05, 4.69) is 10.0 Å². The van der Waals surface area contributed by atoms with Crippen LogP contribution in [0, 0.1) is 11.6 Å². The van der Waals surface area contributed by atoms with E-state index in [9.17, 15) is 22.0 Å². The van der Waals surface area contributed by atoms with Gasteiger partial charge in [0, 0.05) is 25.0 Å². The zero-order chi connectivity index (χ0) is 19.2. The number of carbonyl (C=O) groups is 1. The first-order valence-corrected chi connectivity index (χ1v) is 9.23. The summed E-state index contributed by atoms with van der Waals surface area (Å²) in [6.45, 7) is 3.32. The maximum Gasteiger partial charge on any atom is 0.276 e. The highest BCUT2D eigenvalue weighted by Gasteiger charge is 2.36. The first-order valence-electron chi connectivity index (χ1n) is 7.75. The van der Waals surface area contributed by atoms with Crippen molar-refractivity contribution in [3.05, 3.63) is 41.7 Å². The van der Waals surface area contributed by atoms with Crippen LogP contribution in [0.1, 0.15) is 24.3 Å². The van der Waals surface area contributed by atoms with Crippen LogP contribution in [-0.4, -0.2) is 31.0 Å². The molecular formula is C16H17F2N3O4S. The number of sulfonamides is 1. The van der Waals surface area contributed by atoms with Crippen molar-refractivity contribution in [3.8, 4) is 5.75 Å². The second-order valence-corrected chi connectivity index (χ2v) is 7.78. The smallest absolute Gasteiger partial charge is 0.276 e. The molecule has 10 heteroatoms. The van der Waals surface area contributed by atoms with Gasteiger partial charge in [-0.3, -0.25) is 4.79 Å². The monoisotopic (exact) mass is 385 g/mol. The number of halogens is 2. The van der Waals surface area contributed by atoms with Gasteiger partial charge in [-0.15, -0.1) is 0 Å². The molecule has 1 aromatic heterocycles. The van der Waals surface area contributed by atoms with Gasteiger partial charge >= 0.3 is 0 Å². The summed E-state index contributed by atoms with van der Waals surface area (Å²) < 4.78 is 60.7. The Balaban J connectivity index is 2.02. The Kier molecular flexibility index (Phi) is 4.49. The van der Waals surface area contributed by atoms with Crippen molar-refractivity contribution < 1.29 is 26.7 Å². The lowest BCUT2D eigenvalue weighted by atomic mass is 10.2. The predicted molar refractivity (Wildman–Crippen MR) is 89.6 cm³/mol. The van der Waals surface area contributed by atoms with Crippen molar-refractivity contribution in [2.24, 2.45) is 7.05 Å². The van der Waals surface area contributed by atoms with Crippen molar-refractivity contribution in [3.63, 3.8) is 0 Å². The Bertz CT molecular complexity index is 988. The quantitative estimate of drug-likeness (QED) is 0.828. The van der Waals surface area contributed by atoms with E-state index in [0.29, 0.717) is 0 Å². The number of nitrogens with zero attached hydrogens (tertiary/aromatic N) is 1. The van der Waals surface area contributed by atoms with Gasteiger partial charge in [0.15, 0.2) is 23.1 Å². The summed E-state index contributed by atoms with van der Waals surface area (Å²) in [4.78, 5) is 12.5. The number of anilines is 1. The zero-order valence-corrected chi connectivity index (χ0v) is 15.0. The highest BCUT2D eigenvalue weighted by Crippen LogP contribution is 2.34. The molecule has 0 saturated carbocycles. The number of aryl methyl sites for hydroxylation is 1. The van der Waals surface area contributed by atoms with Crippen LogP contribution in [0.4, 0.5) is 14.5 Å². The van der Waals surface area contributed by atoms with E-state index in [1.165, 1.54) is 23.9 Å². The van der Waals surface area contributed by atoms with E-state index in [1.54, 1.807) is 13.8 Å². The van der Waals surface area contributed by atoms with Crippen LogP contribution >= 0.6 is 0 Å². The Morgan fingerprint density at radius 2 is 1.96 bits per heavy atom. The molecule has 0 fully saturated rings. The van der Waals surface area contributed by atoms with E-state index >= 15 is 0 Å². The normalized spacial score (nSPS) is 21.4. The number of hydrogen-bond donors (Lipinski definition) is 2. The molecule has 140 valence electrons. The van der Waals surface area contributed by atoms with Crippen LogP contribution in [0.5, 0.6) is 5.75 Å². The predicted octanol–water partition coefficient (Wildman–Crippen LogP) is 2.00. The van der Waals surface area contributed by atoms with E-state index in [-0.39, 0.29) is 22.0 Å². The maximum absolute atomic E-state index is 13.3. The first kappa shape index (κ1) is 18.3. The molecule has 7 nitrogen and oxygen atoms in total. The highest BCUT2D eigenvalue weighted by atomic mass is 32.2. The number of fused-ring (bicyclic) bond motifs is 1. The maximum atomic E-state index is 13.3. The van der Waals surface area contributed by atoms with Gasteiger partial charge < -0.3 is 14.6 Å². The molecule has 2 aromatic rings. The number of nitrogens with one attached hydrogen (secondary N) is 2. The van der Waals surface area contributed by atoms with Gasteiger partial charge in [-0.05, 0) is 26.0 Å². The van der Waals surface area contributed by atoms with Crippen LogP contribution in [0.25, 0.3) is 0 Å². The third-order valence-electron chi connectivity index (χ3n) is 4.13. The lowest BCUT2D eigenvalue weighted by Crippen LogP contribution is -2.39. The largest absolute Gasteiger partial charge is 0.485 e. The topological polar surface area (TPSA) is 89.4 Å². The van der Waals surface area contributed by atoms with Crippen molar-refractivity contribution >= 4 is 21.6 Å². The van der Waals surface area contributed by atoms with Crippen molar-refractivity contribution in [1.29, 1.82) is 0 Å². The van der Waals surface area contributed by atoms with Crippen molar-refractivity contribution in [2.75, 3.05) is 5.32 Å². The summed E-state index contributed by atoms with van der Waals surface area (Å²) in [6.07, 6.45) is 0.742. The fraction of sp³-hybridized carbons (Fsp3) is 0.312. The molecule has 2 atom stereocenters. The van der Waals surface area contributed by atoms with Crippen LogP contribution < -0.4 is 14.8 Å². The standard InChI is InChI=1S/C16H17F2N3O4S/c1-8-9(2)25-15-13(26(23,24)20-8)7-21(3)14(15)16(22)19-10-4-5-11(17)12(18)6-10/h4-9,20H,1-3H3,(H,19,22)/t8-,9-/m1/s1. The third kappa shape index (κ3) is 3.17. The number of rotatable bonds is 2. The molecule has 0 aliphatic carbocycles. The molecule has 1 aromatic carbocycles. The second-order valence-electron chi connectivity index (χ2n) is 6.10. The lowest BCUT2D eigenvalue weighted by molar-refractivity contribution is 0.101. The Hall–Kier alpha value is -2.46. The number of amides is 1. The minimum absolute atomic E-state index is 0.0277. The Morgan fingerprint density at radius 1 is 1.27 bits per heavy atom. The average Bonchev–Trinajstić information content (AvgIpc) is 2.84. The van der Waals surface area contributed by atoms with E-state index in [0.717, 1.165) is 12.1 Å². The highest BCUT2D eigenvalue weighted by molar-refractivity contribution is 7.89. The van der Waals surface area contributed by atoms with Gasteiger partial charge in [0.25, 0.3) is 5.91 Å². The van der Waals surface area contributed by atoms with Gasteiger partial charge in [0.05, 0.1) is 6.04 Å². The van der Waals surface area contributed by atoms with Gasteiger partial charge in [0.1, 0.15) is 11.0 Å². The minimum Gasteiger partial charge on any atom is -0.485 e. The molecule has 0 spiro atoms. The summed E-state index contributed by atoms with van der Waals surface area (Å²) >= 11 is 0. The zero-order valence-electron chi connectivity index (χ0n) is 14.2.